The molecule has 1 amide bonds. The molecule has 1 saturated heterocycles. The molecule has 0 aliphatic carbocycles. The van der Waals surface area contributed by atoms with E-state index in [4.69, 9.17) is 11.6 Å². The van der Waals surface area contributed by atoms with Crippen LogP contribution in [0.1, 0.15) is 12.0 Å². The summed E-state index contributed by atoms with van der Waals surface area (Å²) in [4.78, 5) is 17.4. The van der Waals surface area contributed by atoms with Crippen molar-refractivity contribution >= 4 is 39.1 Å². The van der Waals surface area contributed by atoms with Crippen LogP contribution in [0.5, 0.6) is 0 Å². The largest absolute Gasteiger partial charge is 0.309 e. The van der Waals surface area contributed by atoms with Gasteiger partial charge in [-0.3, -0.25) is 4.79 Å². The first kappa shape index (κ1) is 10.9. The van der Waals surface area contributed by atoms with Crippen LogP contribution < -0.4 is 4.90 Å². The molecular weight excluding hydrogens is 279 g/mol. The minimum atomic E-state index is -0.0828. The first-order valence-electron chi connectivity index (χ1n) is 4.64. The van der Waals surface area contributed by atoms with Gasteiger partial charge in [0, 0.05) is 13.0 Å². The van der Waals surface area contributed by atoms with E-state index >= 15 is 0 Å². The second-order valence-corrected chi connectivity index (χ2v) is 5.03. The van der Waals surface area contributed by atoms with Gasteiger partial charge in [-0.25, -0.2) is 4.98 Å². The second kappa shape index (κ2) is 4.10. The molecule has 0 bridgehead atoms. The molecule has 2 rings (SSSR count). The summed E-state index contributed by atoms with van der Waals surface area (Å²) in [6, 6.07) is 1.89. The number of carbonyl (C=O) groups is 1. The summed E-state index contributed by atoms with van der Waals surface area (Å²) >= 11 is 9.23. The Morgan fingerprint density at radius 2 is 2.40 bits per heavy atom. The molecule has 1 atom stereocenters. The molecule has 1 unspecified atom stereocenters. The number of aryl methyl sites for hydroxylation is 1. The molecule has 0 radical (unpaired) electrons. The Labute approximate surface area is 102 Å². The highest BCUT2D eigenvalue weighted by atomic mass is 79.9. The standard InChI is InChI=1S/C10H10BrClN2O/c1-6-2-9(11)13-4-8(6)14-5-7(12)3-10(14)15/h2,4,7H,3,5H2,1H3. The molecule has 0 spiro atoms. The Morgan fingerprint density at radius 3 is 2.93 bits per heavy atom. The lowest BCUT2D eigenvalue weighted by atomic mass is 10.2. The molecule has 1 aliphatic heterocycles. The van der Waals surface area contributed by atoms with Crippen LogP contribution in [0.25, 0.3) is 0 Å². The van der Waals surface area contributed by atoms with Gasteiger partial charge in [0.2, 0.25) is 5.91 Å². The molecule has 1 aromatic heterocycles. The predicted molar refractivity (Wildman–Crippen MR) is 63.3 cm³/mol. The SMILES string of the molecule is Cc1cc(Br)ncc1N1CC(Cl)CC1=O. The number of amides is 1. The van der Waals surface area contributed by atoms with E-state index in [1.165, 1.54) is 0 Å². The number of anilines is 1. The fourth-order valence-electron chi connectivity index (χ4n) is 1.69. The van der Waals surface area contributed by atoms with E-state index in [-0.39, 0.29) is 11.3 Å². The maximum atomic E-state index is 11.6. The highest BCUT2D eigenvalue weighted by Gasteiger charge is 2.30. The zero-order valence-corrected chi connectivity index (χ0v) is 10.5. The highest BCUT2D eigenvalue weighted by Crippen LogP contribution is 2.27. The summed E-state index contributed by atoms with van der Waals surface area (Å²) in [5.74, 6) is 0.0715. The van der Waals surface area contributed by atoms with Gasteiger partial charge >= 0.3 is 0 Å². The van der Waals surface area contributed by atoms with Gasteiger partial charge in [-0.05, 0) is 34.5 Å². The lowest BCUT2D eigenvalue weighted by molar-refractivity contribution is -0.117. The summed E-state index contributed by atoms with van der Waals surface area (Å²) in [6.07, 6.45) is 2.11. The smallest absolute Gasteiger partial charge is 0.228 e. The van der Waals surface area contributed by atoms with Gasteiger partial charge in [0.1, 0.15) is 4.60 Å². The third kappa shape index (κ3) is 2.16. The maximum absolute atomic E-state index is 11.6. The van der Waals surface area contributed by atoms with Gasteiger partial charge in [-0.2, -0.15) is 0 Å². The van der Waals surface area contributed by atoms with E-state index in [0.29, 0.717) is 13.0 Å². The molecule has 1 fully saturated rings. The Hall–Kier alpha value is -0.610. The van der Waals surface area contributed by atoms with E-state index in [2.05, 4.69) is 20.9 Å². The second-order valence-electron chi connectivity index (χ2n) is 3.60. The van der Waals surface area contributed by atoms with E-state index < -0.39 is 0 Å². The number of aromatic nitrogens is 1. The number of hydrogen-bond acceptors (Lipinski definition) is 2. The Bertz CT molecular complexity index is 410. The Morgan fingerprint density at radius 1 is 1.67 bits per heavy atom. The molecule has 0 N–H and O–H groups in total. The van der Waals surface area contributed by atoms with Crippen molar-refractivity contribution in [2.24, 2.45) is 0 Å². The number of alkyl halides is 1. The van der Waals surface area contributed by atoms with Crippen molar-refractivity contribution in [2.45, 2.75) is 18.7 Å². The van der Waals surface area contributed by atoms with E-state index in [1.807, 2.05) is 13.0 Å². The fraction of sp³-hybridized carbons (Fsp3) is 0.400. The number of carbonyl (C=O) groups excluding carboxylic acids is 1. The van der Waals surface area contributed by atoms with Crippen LogP contribution in [0.3, 0.4) is 0 Å². The van der Waals surface area contributed by atoms with E-state index in [9.17, 15) is 4.79 Å². The fourth-order valence-corrected chi connectivity index (χ4v) is 2.41. The first-order valence-corrected chi connectivity index (χ1v) is 5.87. The maximum Gasteiger partial charge on any atom is 0.228 e. The van der Waals surface area contributed by atoms with Gasteiger partial charge in [-0.15, -0.1) is 11.6 Å². The number of rotatable bonds is 1. The number of nitrogens with zero attached hydrogens (tertiary/aromatic N) is 2. The highest BCUT2D eigenvalue weighted by molar-refractivity contribution is 9.10. The van der Waals surface area contributed by atoms with Gasteiger partial charge in [0.25, 0.3) is 0 Å². The van der Waals surface area contributed by atoms with Crippen molar-refractivity contribution in [1.29, 1.82) is 0 Å². The van der Waals surface area contributed by atoms with Crippen molar-refractivity contribution in [2.75, 3.05) is 11.4 Å². The Balaban J connectivity index is 2.34. The monoisotopic (exact) mass is 288 g/mol. The first-order chi connectivity index (χ1) is 7.08. The molecule has 80 valence electrons. The van der Waals surface area contributed by atoms with Gasteiger partial charge in [-0.1, -0.05) is 0 Å². The molecule has 1 aromatic rings. The summed E-state index contributed by atoms with van der Waals surface area (Å²) in [7, 11) is 0. The van der Waals surface area contributed by atoms with Gasteiger partial charge < -0.3 is 4.90 Å². The minimum Gasteiger partial charge on any atom is -0.309 e. The topological polar surface area (TPSA) is 33.2 Å². The van der Waals surface area contributed by atoms with Crippen molar-refractivity contribution in [1.82, 2.24) is 4.98 Å². The van der Waals surface area contributed by atoms with Crippen LogP contribution in [0.2, 0.25) is 0 Å². The molecule has 0 saturated carbocycles. The lowest BCUT2D eigenvalue weighted by Gasteiger charge is -2.17. The van der Waals surface area contributed by atoms with Crippen molar-refractivity contribution < 1.29 is 4.79 Å². The average Bonchev–Trinajstić information content (AvgIpc) is 2.45. The van der Waals surface area contributed by atoms with E-state index in [0.717, 1.165) is 15.9 Å². The summed E-state index contributed by atoms with van der Waals surface area (Å²) < 4.78 is 0.776. The molecular formula is C10H10BrClN2O. The van der Waals surface area contributed by atoms with Gasteiger partial charge in [0.05, 0.1) is 17.3 Å². The average molecular weight is 290 g/mol. The molecule has 1 aliphatic rings. The van der Waals surface area contributed by atoms with Crippen LogP contribution in [0, 0.1) is 6.92 Å². The molecule has 0 aromatic carbocycles. The predicted octanol–water partition coefficient (Wildman–Crippen LogP) is 2.50. The van der Waals surface area contributed by atoms with Crippen LogP contribution in [0.4, 0.5) is 5.69 Å². The van der Waals surface area contributed by atoms with Crippen LogP contribution in [0.15, 0.2) is 16.9 Å². The number of hydrogen-bond donors (Lipinski definition) is 0. The van der Waals surface area contributed by atoms with Crippen molar-refractivity contribution in [3.63, 3.8) is 0 Å². The van der Waals surface area contributed by atoms with Crippen molar-refractivity contribution in [3.8, 4) is 0 Å². The summed E-state index contributed by atoms with van der Waals surface area (Å²) in [5.41, 5.74) is 1.88. The Kier molecular flexibility index (Phi) is 2.98. The third-order valence-electron chi connectivity index (χ3n) is 2.42. The van der Waals surface area contributed by atoms with Crippen molar-refractivity contribution in [3.05, 3.63) is 22.4 Å². The van der Waals surface area contributed by atoms with E-state index in [1.54, 1.807) is 11.1 Å². The molecule has 5 heteroatoms. The van der Waals surface area contributed by atoms with Crippen LogP contribution in [-0.4, -0.2) is 22.8 Å². The normalized spacial score (nSPS) is 21.1. The zero-order valence-electron chi connectivity index (χ0n) is 8.20. The lowest BCUT2D eigenvalue weighted by Crippen LogP contribution is -2.25. The quantitative estimate of drug-likeness (QED) is 0.588. The van der Waals surface area contributed by atoms with Crippen LogP contribution >= 0.6 is 27.5 Å². The zero-order chi connectivity index (χ0) is 11.0. The summed E-state index contributed by atoms with van der Waals surface area (Å²) in [6.45, 7) is 2.53. The third-order valence-corrected chi connectivity index (χ3v) is 3.14. The summed E-state index contributed by atoms with van der Waals surface area (Å²) in [5, 5.41) is -0.0828. The number of halogens is 2. The molecule has 15 heavy (non-hydrogen) atoms. The van der Waals surface area contributed by atoms with Crippen LogP contribution in [-0.2, 0) is 4.79 Å². The van der Waals surface area contributed by atoms with Gasteiger partial charge in [0.15, 0.2) is 0 Å². The molecule has 3 nitrogen and oxygen atoms in total. The molecule has 2 heterocycles. The minimum absolute atomic E-state index is 0.0715. The number of pyridine rings is 1.